The normalized spacial score (nSPS) is 11.8. The molecule has 1 aromatic heterocycles. The second kappa shape index (κ2) is 7.54. The molecule has 22 heavy (non-hydrogen) atoms. The number of benzene rings is 1. The maximum Gasteiger partial charge on any atom is 0.322 e. The van der Waals surface area contributed by atoms with Gasteiger partial charge in [-0.3, -0.25) is 4.98 Å². The van der Waals surface area contributed by atoms with Crippen LogP contribution in [0.3, 0.4) is 0 Å². The number of aromatic nitrogens is 1. The number of hydrogen-bond acceptors (Lipinski definition) is 2. The highest BCUT2D eigenvalue weighted by molar-refractivity contribution is 5.89. The molecule has 0 fully saturated rings. The zero-order valence-corrected chi connectivity index (χ0v) is 12.8. The summed E-state index contributed by atoms with van der Waals surface area (Å²) in [5, 5.41) is 2.77. The van der Waals surface area contributed by atoms with Crippen LogP contribution in [-0.4, -0.2) is 23.0 Å². The Labute approximate surface area is 130 Å². The Morgan fingerprint density at radius 2 is 2.00 bits per heavy atom. The molecule has 1 atom stereocenters. The molecule has 5 heteroatoms. The SMILES string of the molecule is CCC[C@@H](c1ccccn1)N(C)C(=O)Nc1ccc(F)cc1. The molecule has 4 nitrogen and oxygen atoms in total. The molecule has 0 saturated heterocycles. The first-order chi connectivity index (χ1) is 10.6. The van der Waals surface area contributed by atoms with E-state index in [1.54, 1.807) is 18.1 Å². The van der Waals surface area contributed by atoms with E-state index in [0.29, 0.717) is 5.69 Å². The highest BCUT2D eigenvalue weighted by Gasteiger charge is 2.21. The smallest absolute Gasteiger partial charge is 0.319 e. The lowest BCUT2D eigenvalue weighted by molar-refractivity contribution is 0.199. The van der Waals surface area contributed by atoms with Gasteiger partial charge < -0.3 is 10.2 Å². The molecular weight excluding hydrogens is 281 g/mol. The van der Waals surface area contributed by atoms with E-state index in [1.807, 2.05) is 18.2 Å². The molecule has 0 aliphatic carbocycles. The first-order valence-electron chi connectivity index (χ1n) is 7.32. The molecule has 0 aliphatic heterocycles. The summed E-state index contributed by atoms with van der Waals surface area (Å²) in [6.45, 7) is 2.07. The topological polar surface area (TPSA) is 45.2 Å². The Bertz CT molecular complexity index is 601. The lowest BCUT2D eigenvalue weighted by Crippen LogP contribution is -2.35. The maximum atomic E-state index is 12.9. The number of amides is 2. The lowest BCUT2D eigenvalue weighted by atomic mass is 10.1. The molecule has 0 bridgehead atoms. The van der Waals surface area contributed by atoms with Gasteiger partial charge in [-0.2, -0.15) is 0 Å². The summed E-state index contributed by atoms with van der Waals surface area (Å²) in [4.78, 5) is 18.4. The number of rotatable bonds is 5. The third kappa shape index (κ3) is 4.04. The summed E-state index contributed by atoms with van der Waals surface area (Å²) in [6, 6.07) is 11.1. The molecule has 0 radical (unpaired) electrons. The summed E-state index contributed by atoms with van der Waals surface area (Å²) in [6.07, 6.45) is 3.49. The zero-order chi connectivity index (χ0) is 15.9. The van der Waals surface area contributed by atoms with Crippen molar-refractivity contribution in [2.45, 2.75) is 25.8 Å². The Hall–Kier alpha value is -2.43. The van der Waals surface area contributed by atoms with Gasteiger partial charge in [-0.25, -0.2) is 9.18 Å². The number of urea groups is 1. The van der Waals surface area contributed by atoms with Crippen LogP contribution in [0.15, 0.2) is 48.7 Å². The number of anilines is 1. The van der Waals surface area contributed by atoms with Crippen LogP contribution < -0.4 is 5.32 Å². The second-order valence-electron chi connectivity index (χ2n) is 5.11. The van der Waals surface area contributed by atoms with Gasteiger partial charge in [-0.15, -0.1) is 0 Å². The second-order valence-corrected chi connectivity index (χ2v) is 5.11. The van der Waals surface area contributed by atoms with E-state index < -0.39 is 0 Å². The summed E-state index contributed by atoms with van der Waals surface area (Å²) in [7, 11) is 1.74. The van der Waals surface area contributed by atoms with Crippen LogP contribution in [0.1, 0.15) is 31.5 Å². The Morgan fingerprint density at radius 3 is 2.59 bits per heavy atom. The molecular formula is C17H20FN3O. The first-order valence-corrected chi connectivity index (χ1v) is 7.32. The molecule has 1 heterocycles. The Kier molecular flexibility index (Phi) is 5.47. The minimum absolute atomic E-state index is 0.0911. The van der Waals surface area contributed by atoms with Crippen molar-refractivity contribution in [3.63, 3.8) is 0 Å². The molecule has 2 rings (SSSR count). The molecule has 0 aliphatic rings. The van der Waals surface area contributed by atoms with E-state index in [2.05, 4.69) is 17.2 Å². The molecule has 1 N–H and O–H groups in total. The van der Waals surface area contributed by atoms with E-state index in [1.165, 1.54) is 24.3 Å². The van der Waals surface area contributed by atoms with Crippen LogP contribution in [0.25, 0.3) is 0 Å². The van der Waals surface area contributed by atoms with Gasteiger partial charge >= 0.3 is 6.03 Å². The van der Waals surface area contributed by atoms with E-state index in [9.17, 15) is 9.18 Å². The van der Waals surface area contributed by atoms with Gasteiger partial charge in [0, 0.05) is 18.9 Å². The summed E-state index contributed by atoms with van der Waals surface area (Å²) in [5.74, 6) is -0.330. The maximum absolute atomic E-state index is 12.9. The fraction of sp³-hybridized carbons (Fsp3) is 0.294. The van der Waals surface area contributed by atoms with Gasteiger partial charge in [0.05, 0.1) is 11.7 Å². The number of halogens is 1. The van der Waals surface area contributed by atoms with Crippen molar-refractivity contribution >= 4 is 11.7 Å². The Balaban J connectivity index is 2.10. The largest absolute Gasteiger partial charge is 0.322 e. The zero-order valence-electron chi connectivity index (χ0n) is 12.8. The van der Waals surface area contributed by atoms with Crippen molar-refractivity contribution in [3.05, 3.63) is 60.2 Å². The molecule has 1 aromatic carbocycles. The summed E-state index contributed by atoms with van der Waals surface area (Å²) < 4.78 is 12.9. The number of nitrogens with zero attached hydrogens (tertiary/aromatic N) is 2. The number of nitrogens with one attached hydrogen (secondary N) is 1. The van der Waals surface area contributed by atoms with Gasteiger partial charge in [0.15, 0.2) is 0 Å². The Morgan fingerprint density at radius 1 is 1.27 bits per heavy atom. The van der Waals surface area contributed by atoms with Crippen LogP contribution in [-0.2, 0) is 0 Å². The van der Waals surface area contributed by atoms with Crippen LogP contribution in [0.2, 0.25) is 0 Å². The third-order valence-corrected chi connectivity index (χ3v) is 3.47. The van der Waals surface area contributed by atoms with Crippen molar-refractivity contribution in [3.8, 4) is 0 Å². The highest BCUT2D eigenvalue weighted by atomic mass is 19.1. The number of carbonyl (C=O) groups excluding carboxylic acids is 1. The monoisotopic (exact) mass is 301 g/mol. The third-order valence-electron chi connectivity index (χ3n) is 3.47. The summed E-state index contributed by atoms with van der Waals surface area (Å²) >= 11 is 0. The predicted molar refractivity (Wildman–Crippen MR) is 85.1 cm³/mol. The average molecular weight is 301 g/mol. The first kappa shape index (κ1) is 15.9. The van der Waals surface area contributed by atoms with Crippen molar-refractivity contribution in [2.24, 2.45) is 0 Å². The summed E-state index contributed by atoms with van der Waals surface area (Å²) in [5.41, 5.74) is 1.43. The molecule has 2 amide bonds. The van der Waals surface area contributed by atoms with Crippen molar-refractivity contribution in [2.75, 3.05) is 12.4 Å². The van der Waals surface area contributed by atoms with Crippen molar-refractivity contribution in [1.82, 2.24) is 9.88 Å². The lowest BCUT2D eigenvalue weighted by Gasteiger charge is -2.27. The van der Waals surface area contributed by atoms with Crippen molar-refractivity contribution in [1.29, 1.82) is 0 Å². The molecule has 0 saturated carbocycles. The molecule has 0 spiro atoms. The number of carbonyl (C=O) groups is 1. The van der Waals surface area contributed by atoms with Gasteiger partial charge in [0.1, 0.15) is 5.82 Å². The van der Waals surface area contributed by atoms with E-state index in [4.69, 9.17) is 0 Å². The number of hydrogen-bond donors (Lipinski definition) is 1. The highest BCUT2D eigenvalue weighted by Crippen LogP contribution is 2.23. The van der Waals surface area contributed by atoms with Crippen LogP contribution in [0.5, 0.6) is 0 Å². The molecule has 116 valence electrons. The molecule has 2 aromatic rings. The minimum atomic E-state index is -0.330. The fourth-order valence-electron chi connectivity index (χ4n) is 2.27. The fourth-order valence-corrected chi connectivity index (χ4v) is 2.27. The van der Waals surface area contributed by atoms with Gasteiger partial charge in [0.25, 0.3) is 0 Å². The van der Waals surface area contributed by atoms with Crippen LogP contribution >= 0.6 is 0 Å². The quantitative estimate of drug-likeness (QED) is 0.898. The minimum Gasteiger partial charge on any atom is -0.319 e. The van der Waals surface area contributed by atoms with Crippen molar-refractivity contribution < 1.29 is 9.18 Å². The van der Waals surface area contributed by atoms with E-state index in [-0.39, 0.29) is 17.9 Å². The van der Waals surface area contributed by atoms with Gasteiger partial charge in [-0.1, -0.05) is 19.4 Å². The van der Waals surface area contributed by atoms with Crippen LogP contribution in [0.4, 0.5) is 14.9 Å². The molecule has 0 unspecified atom stereocenters. The standard InChI is InChI=1S/C17H20FN3O/c1-3-6-16(15-7-4-5-12-19-15)21(2)17(22)20-14-10-8-13(18)9-11-14/h4-5,7-12,16H,3,6H2,1-2H3,(H,20,22)/t16-/m0/s1. The van der Waals surface area contributed by atoms with Gasteiger partial charge in [-0.05, 0) is 42.8 Å². The average Bonchev–Trinajstić information content (AvgIpc) is 2.55. The number of pyridine rings is 1. The van der Waals surface area contributed by atoms with Gasteiger partial charge in [0.2, 0.25) is 0 Å². The van der Waals surface area contributed by atoms with E-state index in [0.717, 1.165) is 18.5 Å². The van der Waals surface area contributed by atoms with E-state index >= 15 is 0 Å². The predicted octanol–water partition coefficient (Wildman–Crippen LogP) is 4.23. The van der Waals surface area contributed by atoms with Crippen LogP contribution in [0, 0.1) is 5.82 Å².